The Bertz CT molecular complexity index is 750. The minimum atomic E-state index is -0.826. The quantitative estimate of drug-likeness (QED) is 0.390. The maximum atomic E-state index is 11.7. The van der Waals surface area contributed by atoms with E-state index < -0.39 is 11.9 Å². The molecular weight excluding hydrogens is 398 g/mol. The van der Waals surface area contributed by atoms with E-state index in [0.29, 0.717) is 10.0 Å². The smallest absolute Gasteiger partial charge is 0.336 e. The van der Waals surface area contributed by atoms with Crippen molar-refractivity contribution in [1.29, 1.82) is 0 Å². The van der Waals surface area contributed by atoms with Crippen LogP contribution in [0.25, 0.3) is 0 Å². The summed E-state index contributed by atoms with van der Waals surface area (Å²) in [5.74, 6) is -1.50. The molecule has 0 saturated heterocycles. The average molecular weight is 406 g/mol. The highest BCUT2D eigenvalue weighted by Gasteiger charge is 2.09. The normalized spacial score (nSPS) is 10.7. The Hall–Kier alpha value is -1.72. The third-order valence-corrected chi connectivity index (χ3v) is 3.66. The van der Waals surface area contributed by atoms with Gasteiger partial charge < -0.3 is 9.47 Å². The molecule has 0 saturated carbocycles. The van der Waals surface area contributed by atoms with Gasteiger partial charge >= 0.3 is 11.9 Å². The van der Waals surface area contributed by atoms with Crippen molar-refractivity contribution in [2.75, 3.05) is 0 Å². The lowest BCUT2D eigenvalue weighted by molar-refractivity contribution is -0.131. The van der Waals surface area contributed by atoms with Crippen molar-refractivity contribution < 1.29 is 19.1 Å². The summed E-state index contributed by atoms with van der Waals surface area (Å²) >= 11 is 23.3. The molecule has 0 spiro atoms. The number of carbonyl (C=O) groups excluding carboxylic acids is 2. The summed E-state index contributed by atoms with van der Waals surface area (Å²) < 4.78 is 9.94. The fourth-order valence-electron chi connectivity index (χ4n) is 1.53. The third-order valence-electron chi connectivity index (χ3n) is 2.56. The predicted octanol–water partition coefficient (Wildman–Crippen LogP) is 5.37. The van der Waals surface area contributed by atoms with E-state index >= 15 is 0 Å². The van der Waals surface area contributed by atoms with Crippen molar-refractivity contribution in [1.82, 2.24) is 0 Å². The monoisotopic (exact) mass is 404 g/mol. The molecule has 0 bridgehead atoms. The third kappa shape index (κ3) is 5.42. The Morgan fingerprint density at radius 3 is 1.46 bits per heavy atom. The van der Waals surface area contributed by atoms with E-state index in [0.717, 1.165) is 12.2 Å². The second kappa shape index (κ2) is 8.40. The molecule has 4 nitrogen and oxygen atoms in total. The highest BCUT2D eigenvalue weighted by molar-refractivity contribution is 6.34. The first-order valence-electron chi connectivity index (χ1n) is 6.37. The maximum Gasteiger partial charge on any atom is 0.336 e. The molecule has 0 atom stereocenters. The molecule has 2 rings (SSSR count). The van der Waals surface area contributed by atoms with E-state index in [9.17, 15) is 9.59 Å². The number of hydrogen-bond donors (Lipinski definition) is 0. The standard InChI is InChI=1S/C16H8Cl4O4/c17-9-1-3-11(19)13(7-9)23-15(21)5-6-16(22)24-14-8-10(18)2-4-12(14)20/h1-8H/b6-5+. The summed E-state index contributed by atoms with van der Waals surface area (Å²) in [6.45, 7) is 0. The number of benzene rings is 2. The van der Waals surface area contributed by atoms with Gasteiger partial charge in [-0.2, -0.15) is 0 Å². The maximum absolute atomic E-state index is 11.7. The van der Waals surface area contributed by atoms with E-state index in [-0.39, 0.29) is 21.5 Å². The molecule has 0 aliphatic rings. The molecule has 2 aromatic rings. The number of rotatable bonds is 4. The second-order valence-corrected chi connectivity index (χ2v) is 6.01. The van der Waals surface area contributed by atoms with E-state index in [1.165, 1.54) is 24.3 Å². The Kier molecular flexibility index (Phi) is 6.52. The van der Waals surface area contributed by atoms with Gasteiger partial charge in [0.1, 0.15) is 0 Å². The van der Waals surface area contributed by atoms with Crippen LogP contribution in [-0.2, 0) is 9.59 Å². The lowest BCUT2D eigenvalue weighted by Crippen LogP contribution is -2.08. The average Bonchev–Trinajstić information content (AvgIpc) is 2.52. The van der Waals surface area contributed by atoms with Crippen molar-refractivity contribution in [2.24, 2.45) is 0 Å². The molecule has 8 heteroatoms. The first kappa shape index (κ1) is 18.6. The van der Waals surface area contributed by atoms with Crippen LogP contribution >= 0.6 is 46.4 Å². The molecule has 2 aromatic carbocycles. The van der Waals surface area contributed by atoms with E-state index in [2.05, 4.69) is 0 Å². The van der Waals surface area contributed by atoms with Crippen molar-refractivity contribution in [3.05, 3.63) is 68.6 Å². The molecule has 0 radical (unpaired) electrons. The highest BCUT2D eigenvalue weighted by Crippen LogP contribution is 2.28. The molecule has 0 amide bonds. The van der Waals surface area contributed by atoms with E-state index in [1.54, 1.807) is 12.1 Å². The number of hydrogen-bond acceptors (Lipinski definition) is 4. The number of halogens is 4. The molecule has 0 aromatic heterocycles. The van der Waals surface area contributed by atoms with Crippen LogP contribution in [0.3, 0.4) is 0 Å². The number of ether oxygens (including phenoxy) is 2. The highest BCUT2D eigenvalue weighted by atomic mass is 35.5. The van der Waals surface area contributed by atoms with Crippen LogP contribution < -0.4 is 9.47 Å². The largest absolute Gasteiger partial charge is 0.422 e. The van der Waals surface area contributed by atoms with Gasteiger partial charge in [0.2, 0.25) is 0 Å². The van der Waals surface area contributed by atoms with Crippen LogP contribution in [0.2, 0.25) is 20.1 Å². The lowest BCUT2D eigenvalue weighted by Gasteiger charge is -2.05. The topological polar surface area (TPSA) is 52.6 Å². The van der Waals surface area contributed by atoms with Gasteiger partial charge in [0.05, 0.1) is 10.0 Å². The van der Waals surface area contributed by atoms with E-state index in [1.807, 2.05) is 0 Å². The summed E-state index contributed by atoms with van der Waals surface area (Å²) in [5.41, 5.74) is 0. The molecule has 0 aliphatic heterocycles. The zero-order chi connectivity index (χ0) is 17.7. The Labute approximate surface area is 157 Å². The Morgan fingerprint density at radius 2 is 1.08 bits per heavy atom. The second-order valence-electron chi connectivity index (χ2n) is 4.33. The van der Waals surface area contributed by atoms with Gasteiger partial charge in [-0.3, -0.25) is 0 Å². The van der Waals surface area contributed by atoms with Crippen LogP contribution in [-0.4, -0.2) is 11.9 Å². The lowest BCUT2D eigenvalue weighted by atomic mass is 10.3. The molecule has 124 valence electrons. The summed E-state index contributed by atoms with van der Waals surface area (Å²) in [6.07, 6.45) is 1.77. The van der Waals surface area contributed by atoms with Crippen molar-refractivity contribution in [3.8, 4) is 11.5 Å². The Balaban J connectivity index is 1.99. The minimum Gasteiger partial charge on any atom is -0.422 e. The first-order valence-corrected chi connectivity index (χ1v) is 7.88. The van der Waals surface area contributed by atoms with Crippen LogP contribution in [0, 0.1) is 0 Å². The van der Waals surface area contributed by atoms with Crippen molar-refractivity contribution >= 4 is 58.3 Å². The van der Waals surface area contributed by atoms with Crippen molar-refractivity contribution in [2.45, 2.75) is 0 Å². The molecule has 0 unspecified atom stereocenters. The van der Waals surface area contributed by atoms with Gasteiger partial charge in [0, 0.05) is 34.3 Å². The van der Waals surface area contributed by atoms with Crippen LogP contribution in [0.5, 0.6) is 11.5 Å². The molecule has 0 heterocycles. The summed E-state index contributed by atoms with van der Waals surface area (Å²) in [4.78, 5) is 23.4. The van der Waals surface area contributed by atoms with Crippen LogP contribution in [0.15, 0.2) is 48.6 Å². The number of carbonyl (C=O) groups is 2. The molecular formula is C16H8Cl4O4. The van der Waals surface area contributed by atoms with Gasteiger partial charge in [0.25, 0.3) is 0 Å². The van der Waals surface area contributed by atoms with Gasteiger partial charge in [-0.1, -0.05) is 46.4 Å². The minimum absolute atomic E-state index is 0.0741. The summed E-state index contributed by atoms with van der Waals surface area (Å²) in [6, 6.07) is 8.79. The molecule has 0 fully saturated rings. The fraction of sp³-hybridized carbons (Fsp3) is 0. The van der Waals surface area contributed by atoms with Gasteiger partial charge in [0.15, 0.2) is 11.5 Å². The fourth-order valence-corrected chi connectivity index (χ4v) is 2.17. The molecule has 0 aliphatic carbocycles. The SMILES string of the molecule is O=C(/C=C/C(=O)Oc1cc(Cl)ccc1Cl)Oc1cc(Cl)ccc1Cl. The van der Waals surface area contributed by atoms with Gasteiger partial charge in [-0.15, -0.1) is 0 Å². The first-order chi connectivity index (χ1) is 11.3. The van der Waals surface area contributed by atoms with E-state index in [4.69, 9.17) is 55.9 Å². The summed E-state index contributed by atoms with van der Waals surface area (Å²) in [7, 11) is 0. The zero-order valence-electron chi connectivity index (χ0n) is 11.8. The van der Waals surface area contributed by atoms with Gasteiger partial charge in [-0.05, 0) is 24.3 Å². The zero-order valence-corrected chi connectivity index (χ0v) is 14.8. The number of esters is 2. The molecule has 0 N–H and O–H groups in total. The Morgan fingerprint density at radius 1 is 0.708 bits per heavy atom. The molecule has 24 heavy (non-hydrogen) atoms. The van der Waals surface area contributed by atoms with Crippen molar-refractivity contribution in [3.63, 3.8) is 0 Å². The predicted molar refractivity (Wildman–Crippen MR) is 93.3 cm³/mol. The van der Waals surface area contributed by atoms with Crippen LogP contribution in [0.4, 0.5) is 0 Å². The van der Waals surface area contributed by atoms with Gasteiger partial charge in [-0.25, -0.2) is 9.59 Å². The van der Waals surface area contributed by atoms with Crippen LogP contribution in [0.1, 0.15) is 0 Å². The summed E-state index contributed by atoms with van der Waals surface area (Å²) in [5, 5.41) is 1.10.